The molecule has 0 radical (unpaired) electrons. The molecule has 2 aromatic rings. The summed E-state index contributed by atoms with van der Waals surface area (Å²) in [6.07, 6.45) is 0. The first-order valence-electron chi connectivity index (χ1n) is 6.63. The summed E-state index contributed by atoms with van der Waals surface area (Å²) in [5, 5.41) is 12.3. The Balaban J connectivity index is 2.18. The quantitative estimate of drug-likeness (QED) is 0.912. The number of hydrogen-bond acceptors (Lipinski definition) is 4. The summed E-state index contributed by atoms with van der Waals surface area (Å²) < 4.78 is 10.5. The Hall–Kier alpha value is -2.67. The summed E-state index contributed by atoms with van der Waals surface area (Å²) in [5.41, 5.74) is 3.70. The van der Waals surface area contributed by atoms with E-state index >= 15 is 0 Å². The normalized spacial score (nSPS) is 9.81. The fourth-order valence-electron chi connectivity index (χ4n) is 2.14. The van der Waals surface area contributed by atoms with Gasteiger partial charge in [-0.1, -0.05) is 0 Å². The monoisotopic (exact) mass is 282 g/mol. The zero-order chi connectivity index (χ0) is 15.2. The molecule has 0 aliphatic carbocycles. The van der Waals surface area contributed by atoms with Gasteiger partial charge in [0.2, 0.25) is 0 Å². The Bertz CT molecular complexity index is 675. The van der Waals surface area contributed by atoms with Crippen LogP contribution >= 0.6 is 0 Å². The zero-order valence-corrected chi connectivity index (χ0v) is 12.4. The van der Waals surface area contributed by atoms with Crippen molar-refractivity contribution < 1.29 is 9.47 Å². The van der Waals surface area contributed by atoms with Crippen LogP contribution in [-0.4, -0.2) is 14.2 Å². The van der Waals surface area contributed by atoms with Crippen molar-refractivity contribution in [1.29, 1.82) is 5.26 Å². The molecule has 4 heteroatoms. The number of ether oxygens (including phenoxy) is 2. The van der Waals surface area contributed by atoms with E-state index < -0.39 is 0 Å². The number of aryl methyl sites for hydroxylation is 1. The van der Waals surface area contributed by atoms with Crippen LogP contribution in [0.25, 0.3) is 0 Å². The fourth-order valence-corrected chi connectivity index (χ4v) is 2.14. The van der Waals surface area contributed by atoms with Gasteiger partial charge >= 0.3 is 0 Å². The molecule has 0 spiro atoms. The summed E-state index contributed by atoms with van der Waals surface area (Å²) in [5.74, 6) is 1.61. The van der Waals surface area contributed by atoms with E-state index in [1.165, 1.54) is 0 Å². The Morgan fingerprint density at radius 1 is 1.10 bits per heavy atom. The summed E-state index contributed by atoms with van der Waals surface area (Å²) >= 11 is 0. The van der Waals surface area contributed by atoms with Crippen LogP contribution in [0.5, 0.6) is 11.5 Å². The summed E-state index contributed by atoms with van der Waals surface area (Å²) in [7, 11) is 3.28. The van der Waals surface area contributed by atoms with Crippen molar-refractivity contribution in [3.05, 3.63) is 53.1 Å². The smallest absolute Gasteiger partial charge is 0.123 e. The van der Waals surface area contributed by atoms with E-state index in [9.17, 15) is 0 Å². The van der Waals surface area contributed by atoms with Gasteiger partial charge in [-0.25, -0.2) is 0 Å². The van der Waals surface area contributed by atoms with Gasteiger partial charge in [0.1, 0.15) is 11.5 Å². The van der Waals surface area contributed by atoms with E-state index in [4.69, 9.17) is 14.7 Å². The molecule has 21 heavy (non-hydrogen) atoms. The predicted molar refractivity (Wildman–Crippen MR) is 82.8 cm³/mol. The second-order valence-electron chi connectivity index (χ2n) is 4.67. The molecule has 0 unspecified atom stereocenters. The van der Waals surface area contributed by atoms with Crippen molar-refractivity contribution >= 4 is 5.69 Å². The van der Waals surface area contributed by atoms with Gasteiger partial charge in [-0.3, -0.25) is 0 Å². The first-order valence-corrected chi connectivity index (χ1v) is 6.63. The van der Waals surface area contributed by atoms with Gasteiger partial charge in [-0.15, -0.1) is 0 Å². The molecule has 0 bridgehead atoms. The first kappa shape index (κ1) is 14.7. The molecular weight excluding hydrogens is 264 g/mol. The van der Waals surface area contributed by atoms with Gasteiger partial charge in [0, 0.05) is 17.8 Å². The van der Waals surface area contributed by atoms with Gasteiger partial charge in [-0.05, 0) is 48.9 Å². The number of nitrogens with zero attached hydrogens (tertiary/aromatic N) is 1. The topological polar surface area (TPSA) is 54.3 Å². The van der Waals surface area contributed by atoms with Gasteiger partial charge in [0.25, 0.3) is 0 Å². The lowest BCUT2D eigenvalue weighted by Crippen LogP contribution is -2.03. The Kier molecular flexibility index (Phi) is 4.68. The average Bonchev–Trinajstić information content (AvgIpc) is 2.53. The second-order valence-corrected chi connectivity index (χ2v) is 4.67. The molecule has 0 aromatic heterocycles. The van der Waals surface area contributed by atoms with Crippen LogP contribution in [-0.2, 0) is 6.54 Å². The van der Waals surface area contributed by atoms with E-state index in [0.29, 0.717) is 12.1 Å². The molecule has 108 valence electrons. The number of rotatable bonds is 5. The van der Waals surface area contributed by atoms with E-state index in [2.05, 4.69) is 11.4 Å². The van der Waals surface area contributed by atoms with Crippen LogP contribution in [0.15, 0.2) is 36.4 Å². The van der Waals surface area contributed by atoms with Crippen LogP contribution < -0.4 is 14.8 Å². The highest BCUT2D eigenvalue weighted by atomic mass is 16.5. The number of nitrogens with one attached hydrogen (secondary N) is 1. The Morgan fingerprint density at radius 3 is 2.52 bits per heavy atom. The van der Waals surface area contributed by atoms with E-state index in [1.807, 2.05) is 37.3 Å². The number of anilines is 1. The van der Waals surface area contributed by atoms with Crippen LogP contribution in [0, 0.1) is 18.3 Å². The summed E-state index contributed by atoms with van der Waals surface area (Å²) in [4.78, 5) is 0. The molecular formula is C17H18N2O2. The maximum absolute atomic E-state index is 8.99. The number of nitriles is 1. The van der Waals surface area contributed by atoms with E-state index in [-0.39, 0.29) is 0 Å². The maximum atomic E-state index is 8.99. The SMILES string of the molecule is COc1ccc(NCc2cc(C#N)ccc2OC)c(C)c1. The molecule has 0 amide bonds. The molecule has 4 nitrogen and oxygen atoms in total. The van der Waals surface area contributed by atoms with Crippen molar-refractivity contribution in [2.75, 3.05) is 19.5 Å². The van der Waals surface area contributed by atoms with Crippen molar-refractivity contribution in [2.45, 2.75) is 13.5 Å². The van der Waals surface area contributed by atoms with Gasteiger partial charge in [-0.2, -0.15) is 5.26 Å². The lowest BCUT2D eigenvalue weighted by atomic mass is 10.1. The third kappa shape index (κ3) is 3.46. The van der Waals surface area contributed by atoms with Gasteiger partial charge in [0.05, 0.1) is 25.9 Å². The molecule has 2 rings (SSSR count). The molecule has 0 aliphatic heterocycles. The minimum Gasteiger partial charge on any atom is -0.497 e. The van der Waals surface area contributed by atoms with Crippen LogP contribution in [0.1, 0.15) is 16.7 Å². The van der Waals surface area contributed by atoms with Crippen LogP contribution in [0.4, 0.5) is 5.69 Å². The molecule has 2 aromatic carbocycles. The van der Waals surface area contributed by atoms with Gasteiger partial charge < -0.3 is 14.8 Å². The summed E-state index contributed by atoms with van der Waals surface area (Å²) in [6.45, 7) is 2.61. The van der Waals surface area contributed by atoms with Crippen molar-refractivity contribution in [1.82, 2.24) is 0 Å². The predicted octanol–water partition coefficient (Wildman–Crippen LogP) is 3.50. The molecule has 0 saturated heterocycles. The minimum atomic E-state index is 0.589. The minimum absolute atomic E-state index is 0.589. The van der Waals surface area contributed by atoms with Crippen LogP contribution in [0.2, 0.25) is 0 Å². The molecule has 0 atom stereocenters. The largest absolute Gasteiger partial charge is 0.497 e. The van der Waals surface area contributed by atoms with Gasteiger partial charge in [0.15, 0.2) is 0 Å². The highest BCUT2D eigenvalue weighted by Crippen LogP contribution is 2.24. The highest BCUT2D eigenvalue weighted by Gasteiger charge is 2.06. The lowest BCUT2D eigenvalue weighted by Gasteiger charge is -2.13. The number of methoxy groups -OCH3 is 2. The molecule has 0 heterocycles. The van der Waals surface area contributed by atoms with Crippen molar-refractivity contribution in [2.24, 2.45) is 0 Å². The molecule has 0 saturated carbocycles. The third-order valence-corrected chi connectivity index (χ3v) is 3.31. The Labute approximate surface area is 124 Å². The van der Waals surface area contributed by atoms with Crippen molar-refractivity contribution in [3.8, 4) is 17.6 Å². The molecule has 1 N–H and O–H groups in total. The van der Waals surface area contributed by atoms with Crippen LogP contribution in [0.3, 0.4) is 0 Å². The zero-order valence-electron chi connectivity index (χ0n) is 12.4. The second kappa shape index (κ2) is 6.67. The fraction of sp³-hybridized carbons (Fsp3) is 0.235. The average molecular weight is 282 g/mol. The van der Waals surface area contributed by atoms with Crippen molar-refractivity contribution in [3.63, 3.8) is 0 Å². The van der Waals surface area contributed by atoms with E-state index in [1.54, 1.807) is 20.3 Å². The molecule has 0 fully saturated rings. The highest BCUT2D eigenvalue weighted by molar-refractivity contribution is 5.54. The third-order valence-electron chi connectivity index (χ3n) is 3.31. The summed E-state index contributed by atoms with van der Waals surface area (Å²) in [6, 6.07) is 13.4. The molecule has 0 aliphatic rings. The Morgan fingerprint density at radius 2 is 1.90 bits per heavy atom. The first-order chi connectivity index (χ1) is 10.2. The lowest BCUT2D eigenvalue weighted by molar-refractivity contribution is 0.410. The number of benzene rings is 2. The maximum Gasteiger partial charge on any atom is 0.123 e. The van der Waals surface area contributed by atoms with E-state index in [0.717, 1.165) is 28.3 Å². The standard InChI is InChI=1S/C17H18N2O2/c1-12-8-15(20-2)5-6-16(12)19-11-14-9-13(10-18)4-7-17(14)21-3/h4-9,19H,11H2,1-3H3. The number of hydrogen-bond donors (Lipinski definition) is 1.